The number of carbonyl (C=O) groups is 3. The van der Waals surface area contributed by atoms with Crippen LogP contribution in [-0.2, 0) is 4.79 Å². The molecule has 4 amide bonds. The molecular formula is C12H20N4O4. The van der Waals surface area contributed by atoms with Crippen molar-refractivity contribution in [3.8, 4) is 0 Å². The number of carboxylic acid groups (broad SMARTS) is 1. The molecule has 0 spiro atoms. The molecule has 112 valence electrons. The van der Waals surface area contributed by atoms with Gasteiger partial charge in [-0.15, -0.1) is 0 Å². The third kappa shape index (κ3) is 2.25. The van der Waals surface area contributed by atoms with Gasteiger partial charge in [0.05, 0.1) is 6.04 Å². The summed E-state index contributed by atoms with van der Waals surface area (Å²) in [7, 11) is 1.49. The van der Waals surface area contributed by atoms with Crippen molar-refractivity contribution in [3.05, 3.63) is 0 Å². The second-order valence-electron chi connectivity index (χ2n) is 5.69. The number of hydrogen-bond acceptors (Lipinski definition) is 3. The highest BCUT2D eigenvalue weighted by molar-refractivity contribution is 5.85. The van der Waals surface area contributed by atoms with Crippen molar-refractivity contribution in [1.82, 2.24) is 20.0 Å². The number of carbonyl (C=O) groups excluding carboxylic acids is 2. The molecular weight excluding hydrogens is 264 g/mol. The Bertz CT molecular complexity index is 451. The Morgan fingerprint density at radius 3 is 2.65 bits per heavy atom. The molecule has 0 aliphatic carbocycles. The topological polar surface area (TPSA) is 93.2 Å². The number of hydrogen-bond donors (Lipinski definition) is 2. The van der Waals surface area contributed by atoms with Gasteiger partial charge in [-0.25, -0.2) is 14.4 Å². The van der Waals surface area contributed by atoms with Gasteiger partial charge in [0.1, 0.15) is 5.54 Å². The van der Waals surface area contributed by atoms with E-state index in [9.17, 15) is 14.4 Å². The Morgan fingerprint density at radius 1 is 1.40 bits per heavy atom. The highest BCUT2D eigenvalue weighted by Crippen LogP contribution is 2.19. The van der Waals surface area contributed by atoms with Gasteiger partial charge in [-0.1, -0.05) is 0 Å². The van der Waals surface area contributed by atoms with E-state index >= 15 is 0 Å². The summed E-state index contributed by atoms with van der Waals surface area (Å²) in [6.45, 7) is 4.83. The van der Waals surface area contributed by atoms with Crippen LogP contribution in [-0.4, -0.2) is 82.6 Å². The van der Waals surface area contributed by atoms with Crippen LogP contribution in [0.2, 0.25) is 0 Å². The van der Waals surface area contributed by atoms with E-state index < -0.39 is 11.5 Å². The molecule has 2 heterocycles. The Kier molecular flexibility index (Phi) is 3.49. The molecule has 0 saturated carbocycles. The van der Waals surface area contributed by atoms with Crippen LogP contribution < -0.4 is 5.32 Å². The van der Waals surface area contributed by atoms with Gasteiger partial charge in [0, 0.05) is 33.2 Å². The van der Waals surface area contributed by atoms with Gasteiger partial charge in [-0.3, -0.25) is 0 Å². The number of fused-ring (bicyclic) bond motifs is 1. The number of aliphatic carboxylic acids is 1. The Labute approximate surface area is 117 Å². The third-order valence-electron chi connectivity index (χ3n) is 4.15. The lowest BCUT2D eigenvalue weighted by molar-refractivity contribution is -0.147. The first kappa shape index (κ1) is 14.4. The average molecular weight is 284 g/mol. The summed E-state index contributed by atoms with van der Waals surface area (Å²) in [5.41, 5.74) is -1.27. The number of carboxylic acids is 1. The van der Waals surface area contributed by atoms with E-state index in [1.807, 2.05) is 0 Å². The first-order valence-corrected chi connectivity index (χ1v) is 6.55. The number of urea groups is 2. The van der Waals surface area contributed by atoms with Gasteiger partial charge in [0.2, 0.25) is 0 Å². The second kappa shape index (κ2) is 4.84. The van der Waals surface area contributed by atoms with Gasteiger partial charge < -0.3 is 25.1 Å². The average Bonchev–Trinajstić information content (AvgIpc) is 2.78. The molecule has 8 nitrogen and oxygen atoms in total. The van der Waals surface area contributed by atoms with Crippen molar-refractivity contribution in [3.63, 3.8) is 0 Å². The first-order chi connectivity index (χ1) is 9.25. The minimum Gasteiger partial charge on any atom is -0.480 e. The Morgan fingerprint density at radius 2 is 2.05 bits per heavy atom. The number of nitrogens with one attached hydrogen (secondary N) is 1. The zero-order valence-corrected chi connectivity index (χ0v) is 11.9. The highest BCUT2D eigenvalue weighted by Gasteiger charge is 2.41. The van der Waals surface area contributed by atoms with Crippen molar-refractivity contribution in [2.45, 2.75) is 25.4 Å². The molecule has 0 aromatic heterocycles. The predicted molar refractivity (Wildman–Crippen MR) is 70.3 cm³/mol. The van der Waals surface area contributed by atoms with Crippen LogP contribution in [0.4, 0.5) is 9.59 Å². The lowest BCUT2D eigenvalue weighted by atomic mass is 10.0. The van der Waals surface area contributed by atoms with E-state index in [0.717, 1.165) is 0 Å². The number of likely N-dealkylation sites (N-methyl/N-ethyl adjacent to an activating group) is 1. The van der Waals surface area contributed by atoms with E-state index in [-0.39, 0.29) is 18.1 Å². The molecule has 0 radical (unpaired) electrons. The van der Waals surface area contributed by atoms with Gasteiger partial charge in [-0.05, 0) is 13.8 Å². The van der Waals surface area contributed by atoms with Gasteiger partial charge in [-0.2, -0.15) is 0 Å². The minimum atomic E-state index is -1.27. The SMILES string of the molecule is CN(C(=O)N1CCN2C(=O)NCC2C1)C(C)(C)C(=O)O. The summed E-state index contributed by atoms with van der Waals surface area (Å²) >= 11 is 0. The summed E-state index contributed by atoms with van der Waals surface area (Å²) in [4.78, 5) is 39.6. The highest BCUT2D eigenvalue weighted by atomic mass is 16.4. The quantitative estimate of drug-likeness (QED) is 0.722. The van der Waals surface area contributed by atoms with E-state index in [1.54, 1.807) is 9.80 Å². The zero-order chi connectivity index (χ0) is 15.1. The summed E-state index contributed by atoms with van der Waals surface area (Å²) in [5, 5.41) is 11.9. The van der Waals surface area contributed by atoms with Crippen LogP contribution in [0.15, 0.2) is 0 Å². The number of nitrogens with zero attached hydrogens (tertiary/aromatic N) is 3. The summed E-state index contributed by atoms with van der Waals surface area (Å²) in [5.74, 6) is -1.05. The molecule has 2 aliphatic heterocycles. The van der Waals surface area contributed by atoms with Crippen molar-refractivity contribution >= 4 is 18.0 Å². The molecule has 2 N–H and O–H groups in total. The molecule has 0 bridgehead atoms. The van der Waals surface area contributed by atoms with Gasteiger partial charge in [0.15, 0.2) is 0 Å². The van der Waals surface area contributed by atoms with E-state index in [0.29, 0.717) is 26.2 Å². The fourth-order valence-corrected chi connectivity index (χ4v) is 2.37. The van der Waals surface area contributed by atoms with Gasteiger partial charge >= 0.3 is 18.0 Å². The minimum absolute atomic E-state index is 0.0264. The molecule has 0 aromatic carbocycles. The normalized spacial score (nSPS) is 22.4. The third-order valence-corrected chi connectivity index (χ3v) is 4.15. The summed E-state index contributed by atoms with van der Waals surface area (Å²) in [6.07, 6.45) is 0. The van der Waals surface area contributed by atoms with Crippen molar-refractivity contribution in [1.29, 1.82) is 0 Å². The zero-order valence-electron chi connectivity index (χ0n) is 11.9. The maximum atomic E-state index is 12.4. The van der Waals surface area contributed by atoms with Crippen LogP contribution >= 0.6 is 0 Å². The van der Waals surface area contributed by atoms with Crippen molar-refractivity contribution < 1.29 is 19.5 Å². The first-order valence-electron chi connectivity index (χ1n) is 6.55. The lowest BCUT2D eigenvalue weighted by Crippen LogP contribution is -2.60. The van der Waals surface area contributed by atoms with Gasteiger partial charge in [0.25, 0.3) is 0 Å². The molecule has 1 atom stereocenters. The number of piperazine rings is 1. The second-order valence-corrected chi connectivity index (χ2v) is 5.69. The molecule has 0 aromatic rings. The van der Waals surface area contributed by atoms with Crippen LogP contribution in [0.5, 0.6) is 0 Å². The van der Waals surface area contributed by atoms with Crippen LogP contribution in [0, 0.1) is 0 Å². The van der Waals surface area contributed by atoms with Crippen LogP contribution in [0.1, 0.15) is 13.8 Å². The van der Waals surface area contributed by atoms with E-state index in [1.165, 1.54) is 25.8 Å². The number of amides is 4. The summed E-state index contributed by atoms with van der Waals surface area (Å²) in [6, 6.07) is -0.445. The van der Waals surface area contributed by atoms with Crippen LogP contribution in [0.25, 0.3) is 0 Å². The molecule has 2 fully saturated rings. The largest absolute Gasteiger partial charge is 0.480 e. The van der Waals surface area contributed by atoms with E-state index in [2.05, 4.69) is 5.32 Å². The molecule has 8 heteroatoms. The molecule has 2 rings (SSSR count). The Hall–Kier alpha value is -1.99. The predicted octanol–water partition coefficient (Wildman–Crippen LogP) is -0.389. The maximum absolute atomic E-state index is 12.4. The lowest BCUT2D eigenvalue weighted by Gasteiger charge is -2.41. The number of rotatable bonds is 2. The smallest absolute Gasteiger partial charge is 0.329 e. The maximum Gasteiger partial charge on any atom is 0.329 e. The fourth-order valence-electron chi connectivity index (χ4n) is 2.37. The Balaban J connectivity index is 2.04. The molecule has 1 unspecified atom stereocenters. The standard InChI is InChI=1S/C12H20N4O4/c1-12(2,9(17)18)14(3)11(20)15-4-5-16-8(7-15)6-13-10(16)19/h8H,4-7H2,1-3H3,(H,13,19)(H,17,18). The fraction of sp³-hybridized carbons (Fsp3) is 0.750. The monoisotopic (exact) mass is 284 g/mol. The molecule has 2 saturated heterocycles. The summed E-state index contributed by atoms with van der Waals surface area (Å²) < 4.78 is 0. The van der Waals surface area contributed by atoms with Crippen molar-refractivity contribution in [2.24, 2.45) is 0 Å². The molecule has 2 aliphatic rings. The van der Waals surface area contributed by atoms with Crippen LogP contribution in [0.3, 0.4) is 0 Å². The molecule has 20 heavy (non-hydrogen) atoms. The van der Waals surface area contributed by atoms with Crippen molar-refractivity contribution in [2.75, 3.05) is 33.2 Å². The van der Waals surface area contributed by atoms with E-state index in [4.69, 9.17) is 5.11 Å².